The molecule has 7 heterocycles. The summed E-state index contributed by atoms with van der Waals surface area (Å²) in [5, 5.41) is 2.86. The zero-order valence-electron chi connectivity index (χ0n) is 36.0. The fraction of sp³-hybridized carbons (Fsp3) is 0.532. The summed E-state index contributed by atoms with van der Waals surface area (Å²) in [5.41, 5.74) is 5.07. The molecule has 1 unspecified atom stereocenters. The molecule has 4 aromatic rings. The molecule has 1 aliphatic carbocycles. The average molecular weight is 845 g/mol. The molecule has 10 rings (SSSR count). The van der Waals surface area contributed by atoms with Gasteiger partial charge in [-0.3, -0.25) is 29.4 Å². The quantitative estimate of drug-likeness (QED) is 0.212. The van der Waals surface area contributed by atoms with Crippen molar-refractivity contribution in [1.29, 1.82) is 0 Å². The van der Waals surface area contributed by atoms with Crippen LogP contribution in [0.4, 0.5) is 5.95 Å². The summed E-state index contributed by atoms with van der Waals surface area (Å²) in [6.45, 7) is 8.35. The van der Waals surface area contributed by atoms with Gasteiger partial charge in [0, 0.05) is 69.7 Å². The second-order valence-electron chi connectivity index (χ2n) is 18.5. The highest BCUT2D eigenvalue weighted by Gasteiger charge is 2.47. The molecule has 1 spiro atoms. The number of nitrogens with zero attached hydrogens (tertiary/aromatic N) is 7. The van der Waals surface area contributed by atoms with Crippen molar-refractivity contribution in [3.63, 3.8) is 0 Å². The smallest absolute Gasteiger partial charge is 0.261 e. The Kier molecular flexibility index (Phi) is 10.7. The molecule has 0 bridgehead atoms. The van der Waals surface area contributed by atoms with Gasteiger partial charge in [0.15, 0.2) is 0 Å². The normalized spacial score (nSPS) is 22.1. The summed E-state index contributed by atoms with van der Waals surface area (Å²) in [6, 6.07) is 9.14. The topological polar surface area (TPSA) is 152 Å². The monoisotopic (exact) mass is 844 g/mol. The number of aromatic nitrogens is 3. The number of pyridine rings is 1. The fourth-order valence-electron chi connectivity index (χ4n) is 10.8. The van der Waals surface area contributed by atoms with E-state index in [0.29, 0.717) is 46.7 Å². The number of nitrogens with one attached hydrogen (secondary N) is 1. The van der Waals surface area contributed by atoms with Gasteiger partial charge in [-0.25, -0.2) is 9.97 Å². The van der Waals surface area contributed by atoms with Crippen LogP contribution in [0.15, 0.2) is 47.5 Å². The molecule has 5 aliphatic heterocycles. The zero-order valence-corrected chi connectivity index (χ0v) is 36.0. The maximum absolute atomic E-state index is 13.1. The van der Waals surface area contributed by atoms with Crippen molar-refractivity contribution in [3.05, 3.63) is 69.8 Å². The maximum Gasteiger partial charge on any atom is 0.261 e. The summed E-state index contributed by atoms with van der Waals surface area (Å²) >= 11 is 0. The SMILES string of the molecule is COc1cc(-c2cn(C)c(=O)c3cnc(N4CCC4)nc23)cc(OC)c1CN1CCC(CN2CCC3(CC2)CC(Oc2ccc4c(c2)CN(C2CCC(=O)NC2=O)C4=O)C3)CC1. The molecule has 326 valence electrons. The minimum atomic E-state index is -0.615. The number of aryl methyl sites for hydroxylation is 1. The summed E-state index contributed by atoms with van der Waals surface area (Å²) in [4.78, 5) is 68.6. The Hall–Kier alpha value is -5.54. The number of rotatable bonds is 11. The van der Waals surface area contributed by atoms with Crippen molar-refractivity contribution in [2.45, 2.75) is 83.0 Å². The molecule has 1 saturated carbocycles. The zero-order chi connectivity index (χ0) is 42.7. The van der Waals surface area contributed by atoms with E-state index in [1.165, 1.54) is 12.8 Å². The Balaban J connectivity index is 0.708. The molecule has 4 saturated heterocycles. The molecule has 15 nitrogen and oxygen atoms in total. The predicted octanol–water partition coefficient (Wildman–Crippen LogP) is 4.52. The number of piperidine rings is 3. The first-order valence-electron chi connectivity index (χ1n) is 22.3. The van der Waals surface area contributed by atoms with E-state index in [0.717, 1.165) is 124 Å². The van der Waals surface area contributed by atoms with E-state index < -0.39 is 11.9 Å². The highest BCUT2D eigenvalue weighted by Crippen LogP contribution is 2.51. The molecule has 0 radical (unpaired) electrons. The van der Waals surface area contributed by atoms with Gasteiger partial charge < -0.3 is 33.5 Å². The number of fused-ring (bicyclic) bond motifs is 2. The molecule has 1 N–H and O–H groups in total. The Morgan fingerprint density at radius 1 is 0.871 bits per heavy atom. The van der Waals surface area contributed by atoms with Gasteiger partial charge in [-0.2, -0.15) is 0 Å². The van der Waals surface area contributed by atoms with Gasteiger partial charge >= 0.3 is 0 Å². The molecular weight excluding hydrogens is 789 g/mol. The van der Waals surface area contributed by atoms with Crippen LogP contribution in [0.2, 0.25) is 0 Å². The van der Waals surface area contributed by atoms with Crippen molar-refractivity contribution in [1.82, 2.24) is 34.6 Å². The Bertz CT molecular complexity index is 2450. The van der Waals surface area contributed by atoms with Crippen LogP contribution in [0.5, 0.6) is 17.2 Å². The lowest BCUT2D eigenvalue weighted by molar-refractivity contribution is -0.136. The van der Waals surface area contributed by atoms with E-state index in [1.807, 2.05) is 36.5 Å². The Labute approximate surface area is 361 Å². The number of carbonyl (C=O) groups excluding carboxylic acids is 3. The van der Waals surface area contributed by atoms with Gasteiger partial charge in [-0.1, -0.05) is 0 Å². The van der Waals surface area contributed by atoms with Gasteiger partial charge in [-0.15, -0.1) is 0 Å². The molecule has 2 aromatic carbocycles. The first kappa shape index (κ1) is 40.5. The molecule has 62 heavy (non-hydrogen) atoms. The number of methoxy groups -OCH3 is 2. The van der Waals surface area contributed by atoms with Gasteiger partial charge in [0.1, 0.15) is 23.3 Å². The third-order valence-electron chi connectivity index (χ3n) is 14.6. The lowest BCUT2D eigenvalue weighted by Crippen LogP contribution is -2.52. The lowest BCUT2D eigenvalue weighted by Gasteiger charge is -2.52. The minimum Gasteiger partial charge on any atom is -0.496 e. The second-order valence-corrected chi connectivity index (χ2v) is 18.5. The van der Waals surface area contributed by atoms with Crippen LogP contribution in [0.3, 0.4) is 0 Å². The van der Waals surface area contributed by atoms with Gasteiger partial charge in [0.25, 0.3) is 11.5 Å². The molecule has 2 aromatic heterocycles. The molecule has 3 amide bonds. The maximum atomic E-state index is 13.1. The number of anilines is 1. The number of hydrogen-bond donors (Lipinski definition) is 1. The van der Waals surface area contributed by atoms with E-state index in [4.69, 9.17) is 19.2 Å². The number of hydrogen-bond acceptors (Lipinski definition) is 12. The third-order valence-corrected chi connectivity index (χ3v) is 14.6. The first-order chi connectivity index (χ1) is 30.1. The first-order valence-corrected chi connectivity index (χ1v) is 22.3. The molecule has 15 heteroatoms. The number of likely N-dealkylation sites (tertiary alicyclic amines) is 2. The number of benzene rings is 2. The summed E-state index contributed by atoms with van der Waals surface area (Å²) in [5.74, 6) is 2.78. The van der Waals surface area contributed by atoms with Crippen LogP contribution in [-0.2, 0) is 29.7 Å². The van der Waals surface area contributed by atoms with Crippen LogP contribution in [0, 0.1) is 11.3 Å². The van der Waals surface area contributed by atoms with E-state index in [9.17, 15) is 19.2 Å². The van der Waals surface area contributed by atoms with Crippen molar-refractivity contribution >= 4 is 34.6 Å². The van der Waals surface area contributed by atoms with Crippen LogP contribution >= 0.6 is 0 Å². The molecule has 5 fully saturated rings. The molecule has 1 atom stereocenters. The fourth-order valence-corrected chi connectivity index (χ4v) is 10.8. The highest BCUT2D eigenvalue weighted by molar-refractivity contribution is 6.05. The van der Waals surface area contributed by atoms with Crippen molar-refractivity contribution in [2.24, 2.45) is 18.4 Å². The minimum absolute atomic E-state index is 0.127. The van der Waals surface area contributed by atoms with Crippen LogP contribution in [0.1, 0.15) is 79.3 Å². The van der Waals surface area contributed by atoms with E-state index in [-0.39, 0.29) is 29.9 Å². The Morgan fingerprint density at radius 3 is 2.29 bits per heavy atom. The predicted molar refractivity (Wildman–Crippen MR) is 232 cm³/mol. The molecule has 6 aliphatic rings. The third kappa shape index (κ3) is 7.56. The van der Waals surface area contributed by atoms with Crippen molar-refractivity contribution in [2.75, 3.05) is 64.9 Å². The average Bonchev–Trinajstić information content (AvgIpc) is 3.56. The summed E-state index contributed by atoms with van der Waals surface area (Å²) in [7, 11) is 5.17. The van der Waals surface area contributed by atoms with E-state index in [1.54, 1.807) is 36.9 Å². The second kappa shape index (κ2) is 16.3. The van der Waals surface area contributed by atoms with Crippen molar-refractivity contribution in [3.8, 4) is 28.4 Å². The summed E-state index contributed by atoms with van der Waals surface area (Å²) < 4.78 is 20.1. The largest absolute Gasteiger partial charge is 0.496 e. The highest BCUT2D eigenvalue weighted by atomic mass is 16.5. The standard InChI is InChI=1S/C47H56N8O7/c1-51-27-36(42-35(44(51)58)24-48-46(50-42)54-13-4-14-54)30-20-39(60-2)37(40(21-30)61-3)28-52-15-9-29(10-16-52)25-53-17-11-47(12-18-53)22-33(23-47)62-32-5-6-34-31(19-32)26-55(45(34)59)38-7-8-41(56)49-43(38)57/h5-6,19-21,24,27,29,33,38H,4,7-18,22-23,25-26,28H2,1-3H3,(H,49,56,57). The van der Waals surface area contributed by atoms with Crippen LogP contribution < -0.4 is 30.0 Å². The van der Waals surface area contributed by atoms with E-state index in [2.05, 4.69) is 25.0 Å². The van der Waals surface area contributed by atoms with Crippen LogP contribution in [-0.4, -0.2) is 119 Å². The van der Waals surface area contributed by atoms with E-state index >= 15 is 0 Å². The summed E-state index contributed by atoms with van der Waals surface area (Å²) in [6.07, 6.45) is 12.2. The molecular formula is C47H56N8O7. The number of ether oxygens (including phenoxy) is 3. The van der Waals surface area contributed by atoms with Gasteiger partial charge in [0.05, 0.1) is 36.8 Å². The number of amides is 3. The van der Waals surface area contributed by atoms with Gasteiger partial charge in [-0.05, 0) is 130 Å². The number of imide groups is 1. The van der Waals surface area contributed by atoms with Crippen molar-refractivity contribution < 1.29 is 28.6 Å². The number of carbonyl (C=O) groups is 3. The lowest BCUT2D eigenvalue weighted by atomic mass is 9.61. The Morgan fingerprint density at radius 2 is 1.61 bits per heavy atom. The van der Waals surface area contributed by atoms with Gasteiger partial charge in [0.2, 0.25) is 17.8 Å². The van der Waals surface area contributed by atoms with Crippen LogP contribution in [0.25, 0.3) is 22.0 Å².